The summed E-state index contributed by atoms with van der Waals surface area (Å²) in [7, 11) is 0. The lowest BCUT2D eigenvalue weighted by Crippen LogP contribution is -2.30. The molecule has 1 saturated carbocycles. The van der Waals surface area contributed by atoms with E-state index in [9.17, 15) is 0 Å². The second-order valence-corrected chi connectivity index (χ2v) is 7.80. The normalized spacial score (nSPS) is 35.2. The van der Waals surface area contributed by atoms with Crippen LogP contribution in [0.15, 0.2) is 0 Å². The van der Waals surface area contributed by atoms with E-state index in [1.807, 2.05) is 0 Å². The van der Waals surface area contributed by atoms with Crippen molar-refractivity contribution in [3.8, 4) is 0 Å². The molecule has 2 unspecified atom stereocenters. The van der Waals surface area contributed by atoms with Crippen molar-refractivity contribution in [1.29, 1.82) is 0 Å². The maximum absolute atomic E-state index is 2.44. The summed E-state index contributed by atoms with van der Waals surface area (Å²) in [5, 5.41) is 0. The first-order valence-corrected chi connectivity index (χ1v) is 7.08. The molecular formula is C16H32. The van der Waals surface area contributed by atoms with Crippen molar-refractivity contribution in [2.75, 3.05) is 0 Å². The van der Waals surface area contributed by atoms with Crippen molar-refractivity contribution in [3.63, 3.8) is 0 Å². The van der Waals surface area contributed by atoms with Gasteiger partial charge in [0.25, 0.3) is 0 Å². The van der Waals surface area contributed by atoms with E-state index in [-0.39, 0.29) is 0 Å². The molecule has 0 heteroatoms. The Hall–Kier alpha value is 0. The molecular weight excluding hydrogens is 192 g/mol. The summed E-state index contributed by atoms with van der Waals surface area (Å²) in [5.41, 5.74) is 1.56. The van der Waals surface area contributed by atoms with Gasteiger partial charge in [0, 0.05) is 0 Å². The van der Waals surface area contributed by atoms with Gasteiger partial charge in [-0.25, -0.2) is 0 Å². The summed E-state index contributed by atoms with van der Waals surface area (Å²) < 4.78 is 0. The molecule has 0 aromatic rings. The largest absolute Gasteiger partial charge is 0.0648 e. The topological polar surface area (TPSA) is 0 Å². The number of hydrogen-bond donors (Lipinski definition) is 0. The number of rotatable bonds is 4. The first kappa shape index (κ1) is 14.1. The van der Waals surface area contributed by atoms with Gasteiger partial charge in [0.2, 0.25) is 0 Å². The van der Waals surface area contributed by atoms with Crippen molar-refractivity contribution in [3.05, 3.63) is 0 Å². The fraction of sp³-hybridized carbons (Fsp3) is 1.00. The first-order valence-electron chi connectivity index (χ1n) is 7.08. The van der Waals surface area contributed by atoms with Crippen LogP contribution in [0.3, 0.4) is 0 Å². The van der Waals surface area contributed by atoms with E-state index in [1.165, 1.54) is 19.3 Å². The zero-order chi connectivity index (χ0) is 12.8. The monoisotopic (exact) mass is 224 g/mol. The Kier molecular flexibility index (Phi) is 3.54. The number of hydrogen-bond acceptors (Lipinski definition) is 0. The maximum atomic E-state index is 2.44. The Bertz CT molecular complexity index is 231. The maximum Gasteiger partial charge on any atom is -0.0243 e. The van der Waals surface area contributed by atoms with Crippen LogP contribution in [-0.2, 0) is 0 Å². The van der Waals surface area contributed by atoms with Crippen molar-refractivity contribution < 1.29 is 0 Å². The van der Waals surface area contributed by atoms with Crippen LogP contribution in [-0.4, -0.2) is 0 Å². The Morgan fingerprint density at radius 1 is 0.938 bits per heavy atom. The molecule has 1 aliphatic carbocycles. The molecule has 16 heavy (non-hydrogen) atoms. The van der Waals surface area contributed by atoms with Gasteiger partial charge in [0.15, 0.2) is 0 Å². The fourth-order valence-electron chi connectivity index (χ4n) is 3.14. The Morgan fingerprint density at radius 3 is 1.62 bits per heavy atom. The molecule has 0 aromatic carbocycles. The molecule has 1 fully saturated rings. The summed E-state index contributed by atoms with van der Waals surface area (Å²) in [6.45, 7) is 19.3. The second-order valence-electron chi connectivity index (χ2n) is 7.80. The third kappa shape index (κ3) is 2.17. The predicted octanol–water partition coefficient (Wildman–Crippen LogP) is 5.52. The van der Waals surface area contributed by atoms with Crippen molar-refractivity contribution in [1.82, 2.24) is 0 Å². The molecule has 96 valence electrons. The van der Waals surface area contributed by atoms with E-state index in [0.29, 0.717) is 16.2 Å². The molecule has 0 heterocycles. The second kappa shape index (κ2) is 4.03. The molecule has 1 rings (SSSR count). The van der Waals surface area contributed by atoms with Crippen molar-refractivity contribution in [2.24, 2.45) is 28.1 Å². The van der Waals surface area contributed by atoms with E-state index >= 15 is 0 Å². The zero-order valence-electron chi connectivity index (χ0n) is 12.8. The SMILES string of the molecule is CCC1(CCC(C)(C)C(C)(C)C)C(C)C1C. The molecule has 0 bridgehead atoms. The standard InChI is InChI=1S/C16H32/c1-9-16(12(2)13(16)3)11-10-15(7,8)14(4,5)6/h12-13H,9-11H2,1-8H3. The van der Waals surface area contributed by atoms with Crippen LogP contribution in [0, 0.1) is 28.1 Å². The lowest BCUT2D eigenvalue weighted by Gasteiger charge is -2.40. The van der Waals surface area contributed by atoms with Crippen LogP contribution < -0.4 is 0 Å². The lowest BCUT2D eigenvalue weighted by molar-refractivity contribution is 0.103. The molecule has 0 N–H and O–H groups in total. The average molecular weight is 224 g/mol. The van der Waals surface area contributed by atoms with Crippen LogP contribution in [0.4, 0.5) is 0 Å². The van der Waals surface area contributed by atoms with Crippen LogP contribution in [0.5, 0.6) is 0 Å². The van der Waals surface area contributed by atoms with Gasteiger partial charge in [-0.2, -0.15) is 0 Å². The molecule has 1 aliphatic rings. The summed E-state index contributed by atoms with van der Waals surface area (Å²) in [5.74, 6) is 1.90. The predicted molar refractivity (Wildman–Crippen MR) is 73.5 cm³/mol. The van der Waals surface area contributed by atoms with Gasteiger partial charge in [-0.3, -0.25) is 0 Å². The smallest absolute Gasteiger partial charge is 0.0243 e. The summed E-state index contributed by atoms with van der Waals surface area (Å²) in [6, 6.07) is 0. The molecule has 2 atom stereocenters. The van der Waals surface area contributed by atoms with Gasteiger partial charge in [-0.05, 0) is 47.3 Å². The minimum Gasteiger partial charge on any atom is -0.0648 e. The molecule has 0 saturated heterocycles. The highest BCUT2D eigenvalue weighted by atomic mass is 14.6. The molecule has 0 radical (unpaired) electrons. The molecule has 0 amide bonds. The van der Waals surface area contributed by atoms with Gasteiger partial charge < -0.3 is 0 Å². The Balaban J connectivity index is 2.59. The third-order valence-corrected chi connectivity index (χ3v) is 6.36. The van der Waals surface area contributed by atoms with Gasteiger partial charge in [-0.1, -0.05) is 55.4 Å². The van der Waals surface area contributed by atoms with Crippen molar-refractivity contribution in [2.45, 2.75) is 74.7 Å². The van der Waals surface area contributed by atoms with Gasteiger partial charge in [0.05, 0.1) is 0 Å². The molecule has 0 aliphatic heterocycles. The quantitative estimate of drug-likeness (QED) is 0.589. The highest BCUT2D eigenvalue weighted by Gasteiger charge is 2.57. The summed E-state index contributed by atoms with van der Waals surface area (Å²) in [4.78, 5) is 0. The zero-order valence-corrected chi connectivity index (χ0v) is 12.8. The van der Waals surface area contributed by atoms with Crippen molar-refractivity contribution >= 4 is 0 Å². The van der Waals surface area contributed by atoms with E-state index < -0.39 is 0 Å². The fourth-order valence-corrected chi connectivity index (χ4v) is 3.14. The van der Waals surface area contributed by atoms with Crippen LogP contribution in [0.2, 0.25) is 0 Å². The Morgan fingerprint density at radius 2 is 1.38 bits per heavy atom. The van der Waals surface area contributed by atoms with E-state index in [0.717, 1.165) is 11.8 Å². The van der Waals surface area contributed by atoms with Gasteiger partial charge in [0.1, 0.15) is 0 Å². The molecule has 0 spiro atoms. The van der Waals surface area contributed by atoms with E-state index in [1.54, 1.807) is 0 Å². The molecule has 0 aromatic heterocycles. The first-order chi connectivity index (χ1) is 7.08. The highest BCUT2D eigenvalue weighted by Crippen LogP contribution is 2.64. The Labute approximate surface area is 103 Å². The average Bonchev–Trinajstić information content (AvgIpc) is 2.66. The van der Waals surface area contributed by atoms with E-state index in [4.69, 9.17) is 0 Å². The molecule has 0 nitrogen and oxygen atoms in total. The highest BCUT2D eigenvalue weighted by molar-refractivity contribution is 5.05. The minimum atomic E-state index is 0.420. The summed E-state index contributed by atoms with van der Waals surface area (Å²) in [6.07, 6.45) is 4.17. The van der Waals surface area contributed by atoms with Gasteiger partial charge in [-0.15, -0.1) is 0 Å². The lowest BCUT2D eigenvalue weighted by atomic mass is 9.65. The van der Waals surface area contributed by atoms with Crippen LogP contribution >= 0.6 is 0 Å². The third-order valence-electron chi connectivity index (χ3n) is 6.36. The van der Waals surface area contributed by atoms with Gasteiger partial charge >= 0.3 is 0 Å². The minimum absolute atomic E-state index is 0.420. The summed E-state index contributed by atoms with van der Waals surface area (Å²) >= 11 is 0. The van der Waals surface area contributed by atoms with E-state index in [2.05, 4.69) is 55.4 Å². The van der Waals surface area contributed by atoms with Crippen LogP contribution in [0.1, 0.15) is 74.7 Å². The van der Waals surface area contributed by atoms with Crippen LogP contribution in [0.25, 0.3) is 0 Å².